The van der Waals surface area contributed by atoms with Crippen molar-refractivity contribution >= 4 is 17.4 Å². The highest BCUT2D eigenvalue weighted by Gasteiger charge is 2.30. The van der Waals surface area contributed by atoms with E-state index in [-0.39, 0.29) is 11.3 Å². The van der Waals surface area contributed by atoms with Crippen LogP contribution in [0.1, 0.15) is 62.3 Å². The van der Waals surface area contributed by atoms with E-state index < -0.39 is 0 Å². The molecule has 0 bridgehead atoms. The van der Waals surface area contributed by atoms with Gasteiger partial charge in [-0.3, -0.25) is 4.79 Å². The van der Waals surface area contributed by atoms with Crippen LogP contribution in [0.2, 0.25) is 0 Å². The van der Waals surface area contributed by atoms with E-state index in [2.05, 4.69) is 42.6 Å². The number of carbonyl (C=O) groups is 1. The second-order valence-electron chi connectivity index (χ2n) is 6.75. The summed E-state index contributed by atoms with van der Waals surface area (Å²) in [5, 5.41) is 7.66. The van der Waals surface area contributed by atoms with Gasteiger partial charge in [0.25, 0.3) is 5.91 Å². The highest BCUT2D eigenvalue weighted by atomic mass is 32.1. The minimum atomic E-state index is -0.151. The highest BCUT2D eigenvalue weighted by molar-refractivity contribution is 7.08. The van der Waals surface area contributed by atoms with Crippen LogP contribution in [-0.2, 0) is 5.41 Å². The maximum absolute atomic E-state index is 12.9. The van der Waals surface area contributed by atoms with Gasteiger partial charge >= 0.3 is 0 Å². The number of rotatable bonds is 5. The van der Waals surface area contributed by atoms with Gasteiger partial charge in [0.2, 0.25) is 0 Å². The van der Waals surface area contributed by atoms with Crippen molar-refractivity contribution in [3.05, 3.63) is 10.6 Å². The lowest BCUT2D eigenvalue weighted by molar-refractivity contribution is 0.0744. The molecule has 1 atom stereocenters. The third-order valence-electron chi connectivity index (χ3n) is 3.78. The minimum Gasteiger partial charge on any atom is -0.336 e. The van der Waals surface area contributed by atoms with Crippen molar-refractivity contribution in [3.63, 3.8) is 0 Å². The summed E-state index contributed by atoms with van der Waals surface area (Å²) in [7, 11) is 0. The molecule has 21 heavy (non-hydrogen) atoms. The molecule has 2 heterocycles. The Labute approximate surface area is 131 Å². The third-order valence-corrected chi connectivity index (χ3v) is 4.49. The Morgan fingerprint density at radius 3 is 2.81 bits per heavy atom. The Kier molecular flexibility index (Phi) is 5.32. The van der Waals surface area contributed by atoms with Gasteiger partial charge in [-0.05, 0) is 37.3 Å². The number of hydrogen-bond donors (Lipinski definition) is 1. The lowest BCUT2D eigenvalue weighted by Crippen LogP contribution is -2.41. The molecule has 1 amide bonds. The Morgan fingerprint density at radius 1 is 1.48 bits per heavy atom. The maximum atomic E-state index is 12.9. The molecule has 0 radical (unpaired) electrons. The summed E-state index contributed by atoms with van der Waals surface area (Å²) in [6, 6.07) is 0.430. The van der Waals surface area contributed by atoms with Crippen LogP contribution >= 0.6 is 11.5 Å². The van der Waals surface area contributed by atoms with Gasteiger partial charge in [-0.15, -0.1) is 5.10 Å². The molecule has 118 valence electrons. The Balaban J connectivity index is 2.16. The van der Waals surface area contributed by atoms with Crippen LogP contribution in [0, 0.1) is 0 Å². The predicted molar refractivity (Wildman–Crippen MR) is 85.8 cm³/mol. The van der Waals surface area contributed by atoms with E-state index in [0.29, 0.717) is 10.9 Å². The molecule has 1 N–H and O–H groups in total. The largest absolute Gasteiger partial charge is 0.336 e. The molecular formula is C15H26N4OS. The molecule has 0 saturated carbocycles. The fraction of sp³-hybridized carbons (Fsp3) is 0.800. The molecule has 0 aliphatic carbocycles. The first-order chi connectivity index (χ1) is 9.93. The van der Waals surface area contributed by atoms with Crippen molar-refractivity contribution in [2.75, 3.05) is 19.6 Å². The van der Waals surface area contributed by atoms with Gasteiger partial charge in [-0.1, -0.05) is 32.2 Å². The smallest absolute Gasteiger partial charge is 0.267 e. The normalized spacial score (nSPS) is 19.0. The molecule has 0 spiro atoms. The van der Waals surface area contributed by atoms with Crippen molar-refractivity contribution in [2.24, 2.45) is 0 Å². The number of carbonyl (C=O) groups excluding carboxylic acids is 1. The van der Waals surface area contributed by atoms with Crippen LogP contribution in [0.15, 0.2) is 0 Å². The molecule has 0 aromatic carbocycles. The summed E-state index contributed by atoms with van der Waals surface area (Å²) >= 11 is 1.22. The minimum absolute atomic E-state index is 0.0884. The number of nitrogens with zero attached hydrogens (tertiary/aromatic N) is 3. The Hall–Kier alpha value is -1.01. The lowest BCUT2D eigenvalue weighted by Gasteiger charge is -2.26. The second-order valence-corrected chi connectivity index (χ2v) is 7.50. The molecule has 1 aliphatic rings. The van der Waals surface area contributed by atoms with Gasteiger partial charge < -0.3 is 10.2 Å². The van der Waals surface area contributed by atoms with Crippen LogP contribution < -0.4 is 5.32 Å². The number of nitrogens with one attached hydrogen (secondary N) is 1. The van der Waals surface area contributed by atoms with Gasteiger partial charge in [0.05, 0.1) is 5.69 Å². The first kappa shape index (κ1) is 16.4. The zero-order valence-corrected chi connectivity index (χ0v) is 14.3. The van der Waals surface area contributed by atoms with Crippen LogP contribution in [-0.4, -0.2) is 46.1 Å². The average Bonchev–Trinajstić information content (AvgIpc) is 3.07. The summed E-state index contributed by atoms with van der Waals surface area (Å²) in [5.41, 5.74) is 0.666. The molecule has 6 heteroatoms. The molecule has 1 unspecified atom stereocenters. The first-order valence-electron chi connectivity index (χ1n) is 7.79. The Morgan fingerprint density at radius 2 is 2.24 bits per heavy atom. The van der Waals surface area contributed by atoms with E-state index in [4.69, 9.17) is 0 Å². The number of amides is 1. The SMILES string of the molecule is CCCN(CC1CCCN1)C(=O)c1snnc1C(C)(C)C. The molecule has 1 aromatic heterocycles. The standard InChI is InChI=1S/C15H26N4OS/c1-5-9-19(10-11-7-6-8-16-11)14(20)12-13(15(2,3)4)17-18-21-12/h11,16H,5-10H2,1-4H3. The average molecular weight is 310 g/mol. The van der Waals surface area contributed by atoms with E-state index in [1.165, 1.54) is 18.0 Å². The lowest BCUT2D eigenvalue weighted by atomic mass is 9.91. The van der Waals surface area contributed by atoms with Crippen molar-refractivity contribution in [1.82, 2.24) is 19.8 Å². The zero-order valence-electron chi connectivity index (χ0n) is 13.5. The summed E-state index contributed by atoms with van der Waals surface area (Å²) in [6.45, 7) is 11.0. The summed E-state index contributed by atoms with van der Waals surface area (Å²) < 4.78 is 4.01. The summed E-state index contributed by atoms with van der Waals surface area (Å²) in [5.74, 6) is 0.0884. The second kappa shape index (κ2) is 6.83. The quantitative estimate of drug-likeness (QED) is 0.907. The fourth-order valence-electron chi connectivity index (χ4n) is 2.69. The molecule has 1 saturated heterocycles. The van der Waals surface area contributed by atoms with Crippen molar-refractivity contribution < 1.29 is 4.79 Å². The van der Waals surface area contributed by atoms with Gasteiger partial charge in [-0.2, -0.15) is 0 Å². The van der Waals surface area contributed by atoms with E-state index in [1.807, 2.05) is 4.90 Å². The third kappa shape index (κ3) is 4.01. The van der Waals surface area contributed by atoms with E-state index in [0.717, 1.165) is 38.2 Å². The van der Waals surface area contributed by atoms with Crippen LogP contribution in [0.4, 0.5) is 0 Å². The van der Waals surface area contributed by atoms with Crippen molar-refractivity contribution in [1.29, 1.82) is 0 Å². The zero-order chi connectivity index (χ0) is 15.5. The molecular weight excluding hydrogens is 284 g/mol. The van der Waals surface area contributed by atoms with Gasteiger partial charge in [0.15, 0.2) is 0 Å². The van der Waals surface area contributed by atoms with Crippen LogP contribution in [0.3, 0.4) is 0 Å². The molecule has 2 rings (SSSR count). The van der Waals surface area contributed by atoms with Gasteiger partial charge in [0.1, 0.15) is 4.88 Å². The number of aromatic nitrogens is 2. The van der Waals surface area contributed by atoms with Crippen molar-refractivity contribution in [2.45, 2.75) is 58.4 Å². The van der Waals surface area contributed by atoms with Gasteiger partial charge in [-0.25, -0.2) is 0 Å². The Bertz CT molecular complexity index is 474. The number of hydrogen-bond acceptors (Lipinski definition) is 5. The van der Waals surface area contributed by atoms with Crippen LogP contribution in [0.25, 0.3) is 0 Å². The highest BCUT2D eigenvalue weighted by Crippen LogP contribution is 2.27. The summed E-state index contributed by atoms with van der Waals surface area (Å²) in [4.78, 5) is 15.5. The van der Waals surface area contributed by atoms with Gasteiger partial charge in [0, 0.05) is 24.5 Å². The van der Waals surface area contributed by atoms with Crippen LogP contribution in [0.5, 0.6) is 0 Å². The van der Waals surface area contributed by atoms with E-state index >= 15 is 0 Å². The molecule has 5 nitrogen and oxygen atoms in total. The maximum Gasteiger partial charge on any atom is 0.267 e. The predicted octanol–water partition coefficient (Wildman–Crippen LogP) is 2.44. The van der Waals surface area contributed by atoms with E-state index in [9.17, 15) is 4.79 Å². The van der Waals surface area contributed by atoms with Crippen molar-refractivity contribution in [3.8, 4) is 0 Å². The molecule has 1 aliphatic heterocycles. The van der Waals surface area contributed by atoms with E-state index in [1.54, 1.807) is 0 Å². The molecule has 1 fully saturated rings. The first-order valence-corrected chi connectivity index (χ1v) is 8.56. The monoisotopic (exact) mass is 310 g/mol. The molecule has 1 aromatic rings. The summed E-state index contributed by atoms with van der Waals surface area (Å²) in [6.07, 6.45) is 3.32. The topological polar surface area (TPSA) is 58.1 Å². The fourth-order valence-corrected chi connectivity index (χ4v) is 3.53.